The Balaban J connectivity index is 1.59. The molecule has 2 amide bonds. The number of carbonyl (C=O) groups excluding carboxylic acids is 2. The minimum Gasteiger partial charge on any atom is -0.354 e. The van der Waals surface area contributed by atoms with E-state index in [1.54, 1.807) is 18.3 Å². The van der Waals surface area contributed by atoms with Gasteiger partial charge in [0.15, 0.2) is 5.65 Å². The van der Waals surface area contributed by atoms with Crippen LogP contribution in [0.1, 0.15) is 38.3 Å². The van der Waals surface area contributed by atoms with Gasteiger partial charge in [-0.2, -0.15) is 0 Å². The van der Waals surface area contributed by atoms with Crippen molar-refractivity contribution in [1.82, 2.24) is 24.8 Å². The number of aromatic nitrogens is 3. The molecule has 2 heterocycles. The smallest absolute Gasteiger partial charge is 0.350 e. The molecular weight excluding hydrogens is 382 g/mol. The van der Waals surface area contributed by atoms with Crippen LogP contribution in [-0.4, -0.2) is 32.5 Å². The molecule has 8 heteroatoms. The van der Waals surface area contributed by atoms with Crippen LogP contribution in [0.3, 0.4) is 0 Å². The molecule has 8 nitrogen and oxygen atoms in total. The van der Waals surface area contributed by atoms with Crippen LogP contribution in [0.2, 0.25) is 0 Å². The first-order valence-corrected chi connectivity index (χ1v) is 10.1. The summed E-state index contributed by atoms with van der Waals surface area (Å²) >= 11 is 0. The Bertz CT molecular complexity index is 1060. The van der Waals surface area contributed by atoms with E-state index in [1.807, 2.05) is 50.2 Å². The van der Waals surface area contributed by atoms with Crippen LogP contribution in [0, 0.1) is 5.92 Å². The fraction of sp³-hybridized carbons (Fsp3) is 0.364. The summed E-state index contributed by atoms with van der Waals surface area (Å²) in [6.07, 6.45) is 2.57. The van der Waals surface area contributed by atoms with E-state index in [1.165, 1.54) is 9.08 Å². The van der Waals surface area contributed by atoms with Gasteiger partial charge in [0.05, 0.1) is 0 Å². The third-order valence-corrected chi connectivity index (χ3v) is 4.63. The highest BCUT2D eigenvalue weighted by atomic mass is 16.2. The third kappa shape index (κ3) is 5.34. The highest BCUT2D eigenvalue weighted by Crippen LogP contribution is 2.14. The van der Waals surface area contributed by atoms with Gasteiger partial charge in [-0.1, -0.05) is 50.2 Å². The molecule has 30 heavy (non-hydrogen) atoms. The predicted octanol–water partition coefficient (Wildman–Crippen LogP) is 1.91. The van der Waals surface area contributed by atoms with E-state index in [4.69, 9.17) is 0 Å². The monoisotopic (exact) mass is 409 g/mol. The standard InChI is InChI=1S/C22H27N5O3/c1-16(2)15-19(28)24-20(17-9-4-3-5-10-17)21(29)23-12-8-14-27-22(30)26-13-7-6-11-18(26)25-27/h3-7,9-11,13,16,20H,8,12,14-15H2,1-2H3,(H,23,29)(H,24,28). The molecular formula is C22H27N5O3. The molecule has 0 saturated heterocycles. The summed E-state index contributed by atoms with van der Waals surface area (Å²) in [6.45, 7) is 4.66. The van der Waals surface area contributed by atoms with E-state index in [0.29, 0.717) is 31.6 Å². The Morgan fingerprint density at radius 1 is 1.07 bits per heavy atom. The molecule has 3 aromatic rings. The number of benzene rings is 1. The average molecular weight is 409 g/mol. The Morgan fingerprint density at radius 3 is 2.50 bits per heavy atom. The lowest BCUT2D eigenvalue weighted by Gasteiger charge is -2.19. The van der Waals surface area contributed by atoms with Gasteiger partial charge in [-0.05, 0) is 30.0 Å². The van der Waals surface area contributed by atoms with E-state index in [2.05, 4.69) is 15.7 Å². The predicted molar refractivity (Wildman–Crippen MR) is 114 cm³/mol. The number of aryl methyl sites for hydroxylation is 1. The second-order valence-electron chi connectivity index (χ2n) is 7.59. The number of amides is 2. The van der Waals surface area contributed by atoms with Gasteiger partial charge in [0.2, 0.25) is 11.8 Å². The minimum absolute atomic E-state index is 0.162. The van der Waals surface area contributed by atoms with Gasteiger partial charge in [0.25, 0.3) is 0 Å². The molecule has 0 saturated carbocycles. The Hall–Kier alpha value is -3.42. The quantitative estimate of drug-likeness (QED) is 0.528. The highest BCUT2D eigenvalue weighted by molar-refractivity contribution is 5.88. The number of fused-ring (bicyclic) bond motifs is 1. The van der Waals surface area contributed by atoms with Crippen molar-refractivity contribution in [1.29, 1.82) is 0 Å². The number of carbonyl (C=O) groups is 2. The molecule has 1 unspecified atom stereocenters. The maximum absolute atomic E-state index is 12.8. The molecule has 158 valence electrons. The van der Waals surface area contributed by atoms with Crippen molar-refractivity contribution in [3.05, 3.63) is 70.8 Å². The Kier molecular flexibility index (Phi) is 7.00. The van der Waals surface area contributed by atoms with Crippen molar-refractivity contribution in [3.8, 4) is 0 Å². The summed E-state index contributed by atoms with van der Waals surface area (Å²) in [5.41, 5.74) is 1.10. The fourth-order valence-electron chi connectivity index (χ4n) is 3.19. The van der Waals surface area contributed by atoms with Gasteiger partial charge < -0.3 is 10.6 Å². The SMILES string of the molecule is CC(C)CC(=O)NC(C(=O)NCCCn1nc2ccccn2c1=O)c1ccccc1. The van der Waals surface area contributed by atoms with Crippen molar-refractivity contribution in [2.75, 3.05) is 6.54 Å². The number of pyridine rings is 1. The maximum Gasteiger partial charge on any atom is 0.350 e. The molecule has 3 rings (SSSR count). The molecule has 0 bridgehead atoms. The number of hydrogen-bond donors (Lipinski definition) is 2. The summed E-state index contributed by atoms with van der Waals surface area (Å²) in [6, 6.07) is 13.8. The van der Waals surface area contributed by atoms with E-state index in [0.717, 1.165) is 5.56 Å². The van der Waals surface area contributed by atoms with Crippen LogP contribution < -0.4 is 16.3 Å². The van der Waals surface area contributed by atoms with Crippen molar-refractivity contribution < 1.29 is 9.59 Å². The molecule has 0 aliphatic carbocycles. The molecule has 0 aliphatic rings. The molecule has 0 radical (unpaired) electrons. The maximum atomic E-state index is 12.8. The van der Waals surface area contributed by atoms with E-state index < -0.39 is 6.04 Å². The summed E-state index contributed by atoms with van der Waals surface area (Å²) in [4.78, 5) is 37.3. The second-order valence-corrected chi connectivity index (χ2v) is 7.59. The van der Waals surface area contributed by atoms with Crippen LogP contribution in [0.4, 0.5) is 0 Å². The van der Waals surface area contributed by atoms with Crippen LogP contribution in [0.15, 0.2) is 59.5 Å². The van der Waals surface area contributed by atoms with Crippen LogP contribution in [0.25, 0.3) is 5.65 Å². The first-order valence-electron chi connectivity index (χ1n) is 10.1. The van der Waals surface area contributed by atoms with Crippen molar-refractivity contribution >= 4 is 17.5 Å². The molecule has 2 aromatic heterocycles. The zero-order chi connectivity index (χ0) is 21.5. The minimum atomic E-state index is -0.754. The van der Waals surface area contributed by atoms with Crippen molar-refractivity contribution in [3.63, 3.8) is 0 Å². The average Bonchev–Trinajstić information content (AvgIpc) is 3.05. The molecule has 0 spiro atoms. The fourth-order valence-corrected chi connectivity index (χ4v) is 3.19. The zero-order valence-electron chi connectivity index (χ0n) is 17.2. The summed E-state index contributed by atoms with van der Waals surface area (Å²) < 4.78 is 2.87. The third-order valence-electron chi connectivity index (χ3n) is 4.63. The van der Waals surface area contributed by atoms with Gasteiger partial charge in [0, 0.05) is 25.7 Å². The summed E-state index contributed by atoms with van der Waals surface area (Å²) in [5, 5.41) is 9.96. The number of rotatable bonds is 9. The van der Waals surface area contributed by atoms with Gasteiger partial charge >= 0.3 is 5.69 Å². The van der Waals surface area contributed by atoms with Crippen molar-refractivity contribution in [2.24, 2.45) is 5.92 Å². The van der Waals surface area contributed by atoms with Crippen molar-refractivity contribution in [2.45, 2.75) is 39.3 Å². The van der Waals surface area contributed by atoms with E-state index in [-0.39, 0.29) is 23.4 Å². The lowest BCUT2D eigenvalue weighted by Crippen LogP contribution is -2.41. The second kappa shape index (κ2) is 9.87. The zero-order valence-corrected chi connectivity index (χ0v) is 17.2. The normalized spacial score (nSPS) is 12.1. The highest BCUT2D eigenvalue weighted by Gasteiger charge is 2.22. The number of hydrogen-bond acceptors (Lipinski definition) is 4. The van der Waals surface area contributed by atoms with Gasteiger partial charge in [-0.3, -0.25) is 14.0 Å². The van der Waals surface area contributed by atoms with Gasteiger partial charge in [-0.15, -0.1) is 5.10 Å². The van der Waals surface area contributed by atoms with Crippen LogP contribution in [0.5, 0.6) is 0 Å². The molecule has 0 fully saturated rings. The lowest BCUT2D eigenvalue weighted by atomic mass is 10.0. The Labute approximate surface area is 174 Å². The summed E-state index contributed by atoms with van der Waals surface area (Å²) in [7, 11) is 0. The van der Waals surface area contributed by atoms with E-state index in [9.17, 15) is 14.4 Å². The van der Waals surface area contributed by atoms with Crippen LogP contribution in [-0.2, 0) is 16.1 Å². The van der Waals surface area contributed by atoms with E-state index >= 15 is 0 Å². The topological polar surface area (TPSA) is 97.5 Å². The lowest BCUT2D eigenvalue weighted by molar-refractivity contribution is -0.129. The number of nitrogens with one attached hydrogen (secondary N) is 2. The van der Waals surface area contributed by atoms with Gasteiger partial charge in [0.1, 0.15) is 6.04 Å². The molecule has 1 aromatic carbocycles. The first kappa shape index (κ1) is 21.3. The Morgan fingerprint density at radius 2 is 1.80 bits per heavy atom. The largest absolute Gasteiger partial charge is 0.354 e. The van der Waals surface area contributed by atoms with Crippen LogP contribution >= 0.6 is 0 Å². The number of nitrogens with zero attached hydrogens (tertiary/aromatic N) is 3. The molecule has 2 N–H and O–H groups in total. The first-order chi connectivity index (χ1) is 14.5. The summed E-state index contributed by atoms with van der Waals surface area (Å²) in [5.74, 6) is -0.237. The molecule has 1 atom stereocenters. The molecule has 0 aliphatic heterocycles. The van der Waals surface area contributed by atoms with Gasteiger partial charge in [-0.25, -0.2) is 9.48 Å².